The average Bonchev–Trinajstić information content (AvgIpc) is 2.75. The molecule has 0 amide bonds. The summed E-state index contributed by atoms with van der Waals surface area (Å²) in [6, 6.07) is 17.8. The molecule has 1 aliphatic heterocycles. The number of β-amino-alcohol motifs (C(OH)–C–C–N with tert-alkyl or cyclic N) is 2. The summed E-state index contributed by atoms with van der Waals surface area (Å²) in [4.78, 5) is 4.57. The third-order valence-electron chi connectivity index (χ3n) is 5.54. The summed E-state index contributed by atoms with van der Waals surface area (Å²) in [6.45, 7) is 7.24. The Bertz CT molecular complexity index is 721. The molecule has 2 aromatic carbocycles. The third kappa shape index (κ3) is 7.08. The van der Waals surface area contributed by atoms with Gasteiger partial charge in [-0.3, -0.25) is 9.80 Å². The maximum absolute atomic E-state index is 10.6. The van der Waals surface area contributed by atoms with E-state index < -0.39 is 6.10 Å². The van der Waals surface area contributed by atoms with Crippen LogP contribution in [0.1, 0.15) is 18.4 Å². The first-order valence-electron chi connectivity index (χ1n) is 10.3. The van der Waals surface area contributed by atoms with Crippen LogP contribution in [-0.2, 0) is 0 Å². The highest BCUT2D eigenvalue weighted by Gasteiger charge is 2.24. The van der Waals surface area contributed by atoms with Crippen molar-refractivity contribution in [3.8, 4) is 5.75 Å². The number of hydrogen-bond acceptors (Lipinski definition) is 5. The number of ether oxygens (including phenoxy) is 1. The van der Waals surface area contributed by atoms with Crippen LogP contribution in [0, 0.1) is 0 Å². The van der Waals surface area contributed by atoms with Crippen molar-refractivity contribution >= 4 is 15.9 Å². The number of rotatable bonds is 9. The molecular weight excluding hydrogens is 432 g/mol. The number of aliphatic hydroxyl groups is 2. The van der Waals surface area contributed by atoms with Crippen LogP contribution >= 0.6 is 15.9 Å². The van der Waals surface area contributed by atoms with Crippen LogP contribution in [0.4, 0.5) is 0 Å². The fourth-order valence-corrected chi connectivity index (χ4v) is 3.89. The van der Waals surface area contributed by atoms with Crippen molar-refractivity contribution in [1.29, 1.82) is 0 Å². The van der Waals surface area contributed by atoms with Crippen molar-refractivity contribution < 1.29 is 14.9 Å². The molecule has 3 rings (SSSR count). The van der Waals surface area contributed by atoms with Crippen LogP contribution in [0.5, 0.6) is 5.75 Å². The monoisotopic (exact) mass is 462 g/mol. The summed E-state index contributed by atoms with van der Waals surface area (Å²) in [7, 11) is 0. The van der Waals surface area contributed by atoms with Gasteiger partial charge in [0.05, 0.1) is 6.10 Å². The second-order valence-corrected chi connectivity index (χ2v) is 8.70. The first-order valence-corrected chi connectivity index (χ1v) is 11.0. The molecule has 5 nitrogen and oxygen atoms in total. The normalized spacial score (nSPS) is 18.9. The van der Waals surface area contributed by atoms with E-state index in [9.17, 15) is 10.2 Å². The van der Waals surface area contributed by atoms with Crippen molar-refractivity contribution in [2.24, 2.45) is 0 Å². The second kappa shape index (κ2) is 11.1. The summed E-state index contributed by atoms with van der Waals surface area (Å²) >= 11 is 3.40. The van der Waals surface area contributed by atoms with Gasteiger partial charge in [-0.2, -0.15) is 0 Å². The predicted molar refractivity (Wildman–Crippen MR) is 119 cm³/mol. The SMILES string of the molecule is CC(c1ccccc1)C(O)CN1CCN(CC(O)COc2ccc(Br)cc2)CC1. The first kappa shape index (κ1) is 22.2. The van der Waals surface area contributed by atoms with E-state index in [1.807, 2.05) is 42.5 Å². The summed E-state index contributed by atoms with van der Waals surface area (Å²) in [6.07, 6.45) is -0.900. The van der Waals surface area contributed by atoms with Gasteiger partial charge in [0.15, 0.2) is 0 Å². The molecule has 1 heterocycles. The maximum Gasteiger partial charge on any atom is 0.119 e. The van der Waals surface area contributed by atoms with Crippen molar-refractivity contribution in [1.82, 2.24) is 9.80 Å². The molecule has 1 aliphatic rings. The molecule has 0 saturated carbocycles. The number of halogens is 1. The van der Waals surface area contributed by atoms with Crippen LogP contribution in [0.3, 0.4) is 0 Å². The molecule has 29 heavy (non-hydrogen) atoms. The number of nitrogens with zero attached hydrogens (tertiary/aromatic N) is 2. The molecule has 0 bridgehead atoms. The largest absolute Gasteiger partial charge is 0.491 e. The van der Waals surface area contributed by atoms with Gasteiger partial charge in [0, 0.05) is 49.7 Å². The molecule has 158 valence electrons. The van der Waals surface area contributed by atoms with Gasteiger partial charge in [-0.05, 0) is 29.8 Å². The Hall–Kier alpha value is -1.44. The van der Waals surface area contributed by atoms with E-state index in [1.54, 1.807) is 0 Å². The third-order valence-corrected chi connectivity index (χ3v) is 6.07. The zero-order valence-electron chi connectivity index (χ0n) is 17.0. The molecule has 0 radical (unpaired) electrons. The Balaban J connectivity index is 1.36. The molecule has 1 fully saturated rings. The maximum atomic E-state index is 10.6. The van der Waals surface area contributed by atoms with Gasteiger partial charge in [0.2, 0.25) is 0 Å². The number of aliphatic hydroxyl groups excluding tert-OH is 2. The Morgan fingerprint density at radius 1 is 0.897 bits per heavy atom. The Labute approximate surface area is 182 Å². The molecule has 0 aliphatic carbocycles. The lowest BCUT2D eigenvalue weighted by Gasteiger charge is -2.37. The standard InChI is InChI=1S/C23H31BrN2O3/c1-18(19-5-3-2-4-6-19)23(28)16-26-13-11-25(12-14-26)15-21(27)17-29-22-9-7-20(24)8-10-22/h2-10,18,21,23,27-28H,11-17H2,1H3. The highest BCUT2D eigenvalue weighted by molar-refractivity contribution is 9.10. The van der Waals surface area contributed by atoms with Crippen LogP contribution in [-0.4, -0.2) is 78.1 Å². The van der Waals surface area contributed by atoms with Gasteiger partial charge in [-0.1, -0.05) is 53.2 Å². The molecule has 3 atom stereocenters. The van der Waals surface area contributed by atoms with Crippen molar-refractivity contribution in [3.63, 3.8) is 0 Å². The predicted octanol–water partition coefficient (Wildman–Crippen LogP) is 2.97. The lowest BCUT2D eigenvalue weighted by molar-refractivity contribution is 0.0297. The van der Waals surface area contributed by atoms with Crippen molar-refractivity contribution in [2.45, 2.75) is 25.0 Å². The number of piperazine rings is 1. The Morgan fingerprint density at radius 3 is 2.10 bits per heavy atom. The number of benzene rings is 2. The van der Waals surface area contributed by atoms with Crippen LogP contribution in [0.2, 0.25) is 0 Å². The van der Waals surface area contributed by atoms with Gasteiger partial charge in [-0.15, -0.1) is 0 Å². The summed E-state index contributed by atoms with van der Waals surface area (Å²) in [5.74, 6) is 0.880. The average molecular weight is 463 g/mol. The minimum absolute atomic E-state index is 0.117. The lowest BCUT2D eigenvalue weighted by atomic mass is 9.95. The van der Waals surface area contributed by atoms with Crippen LogP contribution in [0.25, 0.3) is 0 Å². The second-order valence-electron chi connectivity index (χ2n) is 7.79. The molecule has 1 saturated heterocycles. The molecular formula is C23H31BrN2O3. The minimum Gasteiger partial charge on any atom is -0.491 e. The van der Waals surface area contributed by atoms with Crippen LogP contribution in [0.15, 0.2) is 59.1 Å². The van der Waals surface area contributed by atoms with Gasteiger partial charge in [0.1, 0.15) is 18.5 Å². The van der Waals surface area contributed by atoms with Gasteiger partial charge >= 0.3 is 0 Å². The van der Waals surface area contributed by atoms with E-state index in [2.05, 4.69) is 44.8 Å². The molecule has 2 aromatic rings. The van der Waals surface area contributed by atoms with E-state index in [1.165, 1.54) is 5.56 Å². The first-order chi connectivity index (χ1) is 14.0. The minimum atomic E-state index is -0.520. The van der Waals surface area contributed by atoms with Gasteiger partial charge in [-0.25, -0.2) is 0 Å². The summed E-state index contributed by atoms with van der Waals surface area (Å²) in [5.41, 5.74) is 1.17. The van der Waals surface area contributed by atoms with E-state index in [4.69, 9.17) is 4.74 Å². The van der Waals surface area contributed by atoms with E-state index >= 15 is 0 Å². The van der Waals surface area contributed by atoms with E-state index in [-0.39, 0.29) is 18.6 Å². The summed E-state index contributed by atoms with van der Waals surface area (Å²) in [5, 5.41) is 20.9. The Morgan fingerprint density at radius 2 is 1.48 bits per heavy atom. The van der Waals surface area contributed by atoms with Crippen molar-refractivity contribution in [2.75, 3.05) is 45.9 Å². The fourth-order valence-electron chi connectivity index (χ4n) is 3.63. The molecule has 6 heteroatoms. The molecule has 0 aromatic heterocycles. The zero-order valence-corrected chi connectivity index (χ0v) is 18.5. The lowest BCUT2D eigenvalue weighted by Crippen LogP contribution is -2.51. The quantitative estimate of drug-likeness (QED) is 0.599. The smallest absolute Gasteiger partial charge is 0.119 e. The molecule has 3 unspecified atom stereocenters. The fraction of sp³-hybridized carbons (Fsp3) is 0.478. The topological polar surface area (TPSA) is 56.2 Å². The summed E-state index contributed by atoms with van der Waals surface area (Å²) < 4.78 is 6.67. The molecule has 2 N–H and O–H groups in total. The van der Waals surface area contributed by atoms with Gasteiger partial charge in [0.25, 0.3) is 0 Å². The highest BCUT2D eigenvalue weighted by atomic mass is 79.9. The van der Waals surface area contributed by atoms with Gasteiger partial charge < -0.3 is 14.9 Å². The zero-order chi connectivity index (χ0) is 20.6. The highest BCUT2D eigenvalue weighted by Crippen LogP contribution is 2.20. The van der Waals surface area contributed by atoms with E-state index in [0.29, 0.717) is 13.1 Å². The van der Waals surface area contributed by atoms with E-state index in [0.717, 1.165) is 36.4 Å². The Kier molecular flexibility index (Phi) is 8.51. The number of hydrogen-bond donors (Lipinski definition) is 2. The van der Waals surface area contributed by atoms with Crippen LogP contribution < -0.4 is 4.74 Å². The molecule has 0 spiro atoms. The van der Waals surface area contributed by atoms with Crippen molar-refractivity contribution in [3.05, 3.63) is 64.6 Å².